The Bertz CT molecular complexity index is 1590. The number of aromatic nitrogens is 2. The molecule has 0 spiro atoms. The zero-order chi connectivity index (χ0) is 26.0. The molecule has 3 aromatic carbocycles. The average Bonchev–Trinajstić information content (AvgIpc) is 3.10. The van der Waals surface area contributed by atoms with Gasteiger partial charge in [-0.3, -0.25) is 18.2 Å². The molecule has 0 radical (unpaired) electrons. The highest BCUT2D eigenvalue weighted by molar-refractivity contribution is 7.92. The number of rotatable bonds is 8. The van der Waals surface area contributed by atoms with E-state index >= 15 is 0 Å². The van der Waals surface area contributed by atoms with Crippen LogP contribution in [-0.4, -0.2) is 44.2 Å². The molecule has 1 heterocycles. The number of amides is 1. The normalized spacial score (nSPS) is 11.3. The van der Waals surface area contributed by atoms with Crippen LogP contribution < -0.4 is 24.8 Å². The lowest BCUT2D eigenvalue weighted by Gasteiger charge is -2.26. The van der Waals surface area contributed by atoms with Gasteiger partial charge < -0.3 is 14.8 Å². The summed E-state index contributed by atoms with van der Waals surface area (Å²) in [6.45, 7) is -0.535. The molecule has 188 valence electrons. The highest BCUT2D eigenvalue weighted by Gasteiger charge is 2.30. The van der Waals surface area contributed by atoms with Crippen molar-refractivity contribution >= 4 is 38.3 Å². The number of carbonyl (C=O) groups excluding carboxylic acids is 1. The van der Waals surface area contributed by atoms with E-state index in [-0.39, 0.29) is 22.0 Å². The Balaban J connectivity index is 1.73. The van der Waals surface area contributed by atoms with Crippen molar-refractivity contribution in [3.63, 3.8) is 0 Å². The predicted molar refractivity (Wildman–Crippen MR) is 137 cm³/mol. The standard InChI is InChI=1S/C25H26N4O6S/c1-27-20-12-10-17(14-21(20)28(2)25(27)31)26-24(30)16-29(36(32,33)19-8-6-5-7-9-19)22-15-18(34-3)11-13-23(22)35-4/h5-15H,16H2,1-4H3,(H,26,30). The summed E-state index contributed by atoms with van der Waals surface area (Å²) in [5.74, 6) is 0.0680. The minimum absolute atomic E-state index is 0.0170. The molecule has 10 nitrogen and oxygen atoms in total. The number of benzene rings is 3. The van der Waals surface area contributed by atoms with E-state index < -0.39 is 22.5 Å². The number of hydrogen-bond donors (Lipinski definition) is 1. The van der Waals surface area contributed by atoms with E-state index in [9.17, 15) is 18.0 Å². The van der Waals surface area contributed by atoms with Gasteiger partial charge in [-0.1, -0.05) is 18.2 Å². The number of carbonyl (C=O) groups is 1. The number of methoxy groups -OCH3 is 2. The molecule has 0 bridgehead atoms. The van der Waals surface area contributed by atoms with Gasteiger partial charge >= 0.3 is 5.69 Å². The smallest absolute Gasteiger partial charge is 0.328 e. The summed E-state index contributed by atoms with van der Waals surface area (Å²) in [5, 5.41) is 2.74. The molecule has 1 N–H and O–H groups in total. The van der Waals surface area contributed by atoms with Crippen LogP contribution in [0.4, 0.5) is 11.4 Å². The van der Waals surface area contributed by atoms with E-state index in [2.05, 4.69) is 5.32 Å². The fourth-order valence-corrected chi connectivity index (χ4v) is 5.37. The molecule has 4 rings (SSSR count). The quantitative estimate of drug-likeness (QED) is 0.390. The minimum atomic E-state index is -4.15. The van der Waals surface area contributed by atoms with Crippen molar-refractivity contribution in [2.75, 3.05) is 30.4 Å². The number of sulfonamides is 1. The number of nitrogens with one attached hydrogen (secondary N) is 1. The van der Waals surface area contributed by atoms with Crippen LogP contribution in [0.1, 0.15) is 0 Å². The van der Waals surface area contributed by atoms with Crippen LogP contribution >= 0.6 is 0 Å². The van der Waals surface area contributed by atoms with Crippen molar-refractivity contribution in [2.24, 2.45) is 14.1 Å². The van der Waals surface area contributed by atoms with Crippen molar-refractivity contribution in [3.8, 4) is 11.5 Å². The lowest BCUT2D eigenvalue weighted by Crippen LogP contribution is -2.38. The molecule has 0 aliphatic carbocycles. The maximum absolute atomic E-state index is 13.7. The fourth-order valence-electron chi connectivity index (χ4n) is 3.93. The second-order valence-corrected chi connectivity index (χ2v) is 9.88. The van der Waals surface area contributed by atoms with Gasteiger partial charge in [-0.15, -0.1) is 0 Å². The number of nitrogens with zero attached hydrogens (tertiary/aromatic N) is 3. The highest BCUT2D eigenvalue weighted by atomic mass is 32.2. The SMILES string of the molecule is COc1ccc(OC)c(N(CC(=O)Nc2ccc3c(c2)n(C)c(=O)n3C)S(=O)(=O)c2ccccc2)c1. The number of aryl methyl sites for hydroxylation is 2. The average molecular weight is 511 g/mol. The molecule has 36 heavy (non-hydrogen) atoms. The summed E-state index contributed by atoms with van der Waals surface area (Å²) in [5.41, 5.74) is 1.71. The van der Waals surface area contributed by atoms with Crippen molar-refractivity contribution in [1.29, 1.82) is 0 Å². The summed E-state index contributed by atoms with van der Waals surface area (Å²) in [7, 11) is 2.02. The van der Waals surface area contributed by atoms with Crippen LogP contribution in [0.3, 0.4) is 0 Å². The van der Waals surface area contributed by atoms with Gasteiger partial charge in [0.2, 0.25) is 5.91 Å². The first-order valence-corrected chi connectivity index (χ1v) is 12.4. The van der Waals surface area contributed by atoms with Gasteiger partial charge in [0.1, 0.15) is 18.0 Å². The third-order valence-corrected chi connectivity index (χ3v) is 7.60. The maximum atomic E-state index is 13.7. The fraction of sp³-hybridized carbons (Fsp3) is 0.200. The summed E-state index contributed by atoms with van der Waals surface area (Å²) >= 11 is 0. The molecule has 1 amide bonds. The van der Waals surface area contributed by atoms with E-state index in [1.54, 1.807) is 62.6 Å². The molecule has 0 saturated carbocycles. The second-order valence-electron chi connectivity index (χ2n) is 8.01. The number of imidazole rings is 1. The number of fused-ring (bicyclic) bond motifs is 1. The Morgan fingerprint density at radius 1 is 0.917 bits per heavy atom. The van der Waals surface area contributed by atoms with Crippen LogP contribution in [-0.2, 0) is 28.9 Å². The predicted octanol–water partition coefficient (Wildman–Crippen LogP) is 2.73. The van der Waals surface area contributed by atoms with Crippen LogP contribution in [0.15, 0.2) is 76.4 Å². The van der Waals surface area contributed by atoms with Crippen LogP contribution in [0.2, 0.25) is 0 Å². The molecule has 0 saturated heterocycles. The maximum Gasteiger partial charge on any atom is 0.328 e. The Hall–Kier alpha value is -4.25. The molecule has 0 aliphatic rings. The van der Waals surface area contributed by atoms with Crippen LogP contribution in [0.25, 0.3) is 11.0 Å². The van der Waals surface area contributed by atoms with E-state index in [4.69, 9.17) is 9.47 Å². The van der Waals surface area contributed by atoms with Gasteiger partial charge in [0.15, 0.2) is 0 Å². The van der Waals surface area contributed by atoms with Gasteiger partial charge in [0, 0.05) is 25.8 Å². The lowest BCUT2D eigenvalue weighted by atomic mass is 10.2. The van der Waals surface area contributed by atoms with Gasteiger partial charge in [0.25, 0.3) is 10.0 Å². The Kier molecular flexibility index (Phi) is 6.75. The van der Waals surface area contributed by atoms with Crippen molar-refractivity contribution in [2.45, 2.75) is 4.90 Å². The van der Waals surface area contributed by atoms with E-state index in [0.717, 1.165) is 4.31 Å². The van der Waals surface area contributed by atoms with Crippen molar-refractivity contribution in [1.82, 2.24) is 9.13 Å². The Morgan fingerprint density at radius 2 is 1.61 bits per heavy atom. The first-order chi connectivity index (χ1) is 17.2. The lowest BCUT2D eigenvalue weighted by molar-refractivity contribution is -0.114. The second kappa shape index (κ2) is 9.78. The van der Waals surface area contributed by atoms with E-state index in [1.165, 1.54) is 41.6 Å². The largest absolute Gasteiger partial charge is 0.497 e. The number of hydrogen-bond acceptors (Lipinski definition) is 6. The third-order valence-electron chi connectivity index (χ3n) is 5.83. The summed E-state index contributed by atoms with van der Waals surface area (Å²) in [4.78, 5) is 25.4. The molecule has 0 unspecified atom stereocenters. The first-order valence-electron chi connectivity index (χ1n) is 10.9. The van der Waals surface area contributed by atoms with Crippen LogP contribution in [0.5, 0.6) is 11.5 Å². The van der Waals surface area contributed by atoms with Gasteiger partial charge in [0.05, 0.1) is 35.8 Å². The summed E-state index contributed by atoms with van der Waals surface area (Å²) in [6.07, 6.45) is 0. The Labute approximate surface area is 208 Å². The zero-order valence-electron chi connectivity index (χ0n) is 20.3. The van der Waals surface area contributed by atoms with Gasteiger partial charge in [-0.2, -0.15) is 0 Å². The van der Waals surface area contributed by atoms with Crippen molar-refractivity contribution in [3.05, 3.63) is 77.2 Å². The first kappa shape index (κ1) is 24.9. The summed E-state index contributed by atoms with van der Waals surface area (Å²) < 4.78 is 42.0. The van der Waals surface area contributed by atoms with Gasteiger partial charge in [-0.25, -0.2) is 13.2 Å². The molecule has 0 fully saturated rings. The molecule has 0 atom stereocenters. The third kappa shape index (κ3) is 4.52. The Morgan fingerprint density at radius 3 is 2.28 bits per heavy atom. The van der Waals surface area contributed by atoms with Gasteiger partial charge in [-0.05, 0) is 42.5 Å². The minimum Gasteiger partial charge on any atom is -0.497 e. The van der Waals surface area contributed by atoms with E-state index in [1.807, 2.05) is 0 Å². The zero-order valence-corrected chi connectivity index (χ0v) is 21.1. The number of anilines is 2. The molecular weight excluding hydrogens is 484 g/mol. The molecular formula is C25H26N4O6S. The molecule has 4 aromatic rings. The van der Waals surface area contributed by atoms with E-state index in [0.29, 0.717) is 22.5 Å². The van der Waals surface area contributed by atoms with Crippen molar-refractivity contribution < 1.29 is 22.7 Å². The number of ether oxygens (including phenoxy) is 2. The topological polar surface area (TPSA) is 112 Å². The molecule has 11 heteroatoms. The highest BCUT2D eigenvalue weighted by Crippen LogP contribution is 2.35. The summed E-state index contributed by atoms with van der Waals surface area (Å²) in [6, 6.07) is 17.6. The molecule has 1 aromatic heterocycles. The van der Waals surface area contributed by atoms with Crippen LogP contribution in [0, 0.1) is 0 Å². The monoisotopic (exact) mass is 510 g/mol. The molecule has 0 aliphatic heterocycles.